The van der Waals surface area contributed by atoms with Gasteiger partial charge < -0.3 is 20.1 Å². The van der Waals surface area contributed by atoms with E-state index in [2.05, 4.69) is 15.4 Å². The van der Waals surface area contributed by atoms with Gasteiger partial charge in [-0.25, -0.2) is 4.79 Å². The van der Waals surface area contributed by atoms with Crippen molar-refractivity contribution in [2.45, 2.75) is 37.7 Å². The van der Waals surface area contributed by atoms with E-state index in [1.807, 2.05) is 0 Å². The lowest BCUT2D eigenvalue weighted by Crippen LogP contribution is -2.63. The zero-order valence-electron chi connectivity index (χ0n) is 16.9. The molecular weight excluding hydrogens is 372 g/mol. The van der Waals surface area contributed by atoms with Crippen LogP contribution in [0.4, 0.5) is 5.69 Å². The second-order valence-electron chi connectivity index (χ2n) is 8.67. The molecule has 7 nitrogen and oxygen atoms in total. The van der Waals surface area contributed by atoms with Gasteiger partial charge in [0.1, 0.15) is 0 Å². The highest BCUT2D eigenvalue weighted by molar-refractivity contribution is 6.39. The largest absolute Gasteiger partial charge is 0.465 e. The third-order valence-corrected chi connectivity index (χ3v) is 7.20. The maximum atomic E-state index is 12.4. The molecule has 5 rings (SSSR count). The minimum absolute atomic E-state index is 0.356. The third-order valence-electron chi connectivity index (χ3n) is 7.20. The lowest BCUT2D eigenvalue weighted by molar-refractivity contribution is -0.188. The average molecular weight is 400 g/mol. The molecule has 156 valence electrons. The molecule has 1 aromatic rings. The van der Waals surface area contributed by atoms with Crippen molar-refractivity contribution < 1.29 is 23.9 Å². The van der Waals surface area contributed by atoms with Crippen molar-refractivity contribution in [1.82, 2.24) is 5.32 Å². The van der Waals surface area contributed by atoms with E-state index in [1.165, 1.54) is 25.7 Å². The average Bonchev–Trinajstić information content (AvgIpc) is 2.73. The molecule has 4 aliphatic rings. The van der Waals surface area contributed by atoms with E-state index in [4.69, 9.17) is 4.74 Å². The zero-order valence-corrected chi connectivity index (χ0v) is 16.9. The van der Waals surface area contributed by atoms with E-state index in [9.17, 15) is 14.4 Å². The summed E-state index contributed by atoms with van der Waals surface area (Å²) in [6.07, 6.45) is 5.99. The van der Waals surface area contributed by atoms with Gasteiger partial charge in [0.05, 0.1) is 18.3 Å². The monoisotopic (exact) mass is 400 g/mol. The molecular formula is C22H28N2O5. The van der Waals surface area contributed by atoms with Crippen molar-refractivity contribution >= 4 is 23.5 Å². The molecule has 0 heterocycles. The van der Waals surface area contributed by atoms with E-state index in [0.29, 0.717) is 29.6 Å². The normalized spacial score (nSPS) is 31.9. The van der Waals surface area contributed by atoms with Gasteiger partial charge in [0, 0.05) is 19.3 Å². The number of nitrogens with one attached hydrogen (secondary N) is 2. The first-order chi connectivity index (χ1) is 13.9. The fourth-order valence-electron chi connectivity index (χ4n) is 5.97. The summed E-state index contributed by atoms with van der Waals surface area (Å²) in [5, 5.41) is 5.38. The molecule has 2 amide bonds. The second-order valence-corrected chi connectivity index (χ2v) is 8.67. The number of carbonyl (C=O) groups is 3. The number of esters is 1. The minimum atomic E-state index is -0.731. The van der Waals surface area contributed by atoms with Crippen LogP contribution in [0.5, 0.6) is 0 Å². The highest BCUT2D eigenvalue weighted by atomic mass is 16.5. The number of amides is 2. The number of anilines is 1. The predicted octanol–water partition coefficient (Wildman–Crippen LogP) is 2.37. The molecule has 0 spiro atoms. The van der Waals surface area contributed by atoms with Crippen LogP contribution in [0.25, 0.3) is 0 Å². The van der Waals surface area contributed by atoms with Gasteiger partial charge in [0.25, 0.3) is 0 Å². The van der Waals surface area contributed by atoms with Crippen molar-refractivity contribution in [3.05, 3.63) is 29.8 Å². The van der Waals surface area contributed by atoms with E-state index >= 15 is 0 Å². The molecule has 0 radical (unpaired) electrons. The van der Waals surface area contributed by atoms with E-state index < -0.39 is 17.8 Å². The standard InChI is InChI=1S/C22H28N2O5/c1-28-21(27)15-3-5-18(6-4-15)24-20(26)19(25)23-12-22(29-2)16-8-13-7-14(10-16)11-17(22)9-13/h3-6,13-14,16-17H,7-12H2,1-2H3,(H,23,25)(H,24,26). The molecule has 4 saturated carbocycles. The summed E-state index contributed by atoms with van der Waals surface area (Å²) < 4.78 is 10.7. The predicted molar refractivity (Wildman–Crippen MR) is 106 cm³/mol. The maximum absolute atomic E-state index is 12.4. The summed E-state index contributed by atoms with van der Waals surface area (Å²) in [5.74, 6) is 0.649. The lowest BCUT2D eigenvalue weighted by Gasteiger charge is -2.60. The van der Waals surface area contributed by atoms with Crippen LogP contribution >= 0.6 is 0 Å². The van der Waals surface area contributed by atoms with Crippen molar-refractivity contribution in [2.24, 2.45) is 23.7 Å². The first kappa shape index (κ1) is 19.9. The quantitative estimate of drug-likeness (QED) is 0.585. The van der Waals surface area contributed by atoms with E-state index in [0.717, 1.165) is 37.5 Å². The third kappa shape index (κ3) is 3.64. The van der Waals surface area contributed by atoms with E-state index in [1.54, 1.807) is 19.2 Å². The van der Waals surface area contributed by atoms with Crippen LogP contribution in [0.2, 0.25) is 0 Å². The number of hydrogen-bond donors (Lipinski definition) is 2. The highest BCUT2D eigenvalue weighted by Crippen LogP contribution is 2.59. The van der Waals surface area contributed by atoms with Crippen LogP contribution < -0.4 is 10.6 Å². The molecule has 0 unspecified atom stereocenters. The van der Waals surface area contributed by atoms with Crippen LogP contribution in [0.15, 0.2) is 24.3 Å². The Labute approximate surface area is 170 Å². The molecule has 0 aliphatic heterocycles. The molecule has 0 atom stereocenters. The number of ether oxygens (including phenoxy) is 2. The zero-order chi connectivity index (χ0) is 20.6. The number of methoxy groups -OCH3 is 2. The SMILES string of the molecule is COC(=O)c1ccc(NC(=O)C(=O)NCC2(OC)C3CC4CC(C3)CC2C4)cc1. The van der Waals surface area contributed by atoms with Crippen molar-refractivity contribution in [1.29, 1.82) is 0 Å². The molecule has 0 aromatic heterocycles. The smallest absolute Gasteiger partial charge is 0.337 e. The van der Waals surface area contributed by atoms with Gasteiger partial charge in [-0.05, 0) is 80.0 Å². The molecule has 4 aliphatic carbocycles. The van der Waals surface area contributed by atoms with Gasteiger partial charge in [-0.3, -0.25) is 9.59 Å². The first-order valence-electron chi connectivity index (χ1n) is 10.3. The van der Waals surface area contributed by atoms with Gasteiger partial charge in [-0.1, -0.05) is 0 Å². The number of rotatable bonds is 5. The second kappa shape index (κ2) is 7.78. The van der Waals surface area contributed by atoms with Gasteiger partial charge in [-0.2, -0.15) is 0 Å². The maximum Gasteiger partial charge on any atom is 0.337 e. The van der Waals surface area contributed by atoms with Gasteiger partial charge >= 0.3 is 17.8 Å². The van der Waals surface area contributed by atoms with Gasteiger partial charge in [0.15, 0.2) is 0 Å². The van der Waals surface area contributed by atoms with Gasteiger partial charge in [0.2, 0.25) is 0 Å². The number of benzene rings is 1. The molecule has 7 heteroatoms. The minimum Gasteiger partial charge on any atom is -0.465 e. The molecule has 4 fully saturated rings. The Kier molecular flexibility index (Phi) is 5.34. The van der Waals surface area contributed by atoms with Crippen molar-refractivity contribution in [3.63, 3.8) is 0 Å². The van der Waals surface area contributed by atoms with Crippen LogP contribution in [0.3, 0.4) is 0 Å². The Bertz CT molecular complexity index is 776. The van der Waals surface area contributed by atoms with Crippen LogP contribution in [0.1, 0.15) is 42.5 Å². The Hall–Kier alpha value is -2.41. The first-order valence-corrected chi connectivity index (χ1v) is 10.3. The summed E-state index contributed by atoms with van der Waals surface area (Å²) >= 11 is 0. The topological polar surface area (TPSA) is 93.7 Å². The lowest BCUT2D eigenvalue weighted by atomic mass is 9.49. The highest BCUT2D eigenvalue weighted by Gasteiger charge is 2.57. The van der Waals surface area contributed by atoms with Crippen LogP contribution in [-0.4, -0.2) is 44.1 Å². The molecule has 4 bridgehead atoms. The van der Waals surface area contributed by atoms with Crippen LogP contribution in [-0.2, 0) is 19.1 Å². The fraction of sp³-hybridized carbons (Fsp3) is 0.591. The summed E-state index contributed by atoms with van der Waals surface area (Å²) in [5.41, 5.74) is 0.457. The Morgan fingerprint density at radius 1 is 0.931 bits per heavy atom. The number of carbonyl (C=O) groups excluding carboxylic acids is 3. The molecule has 1 aromatic carbocycles. The molecule has 29 heavy (non-hydrogen) atoms. The molecule has 0 saturated heterocycles. The summed E-state index contributed by atoms with van der Waals surface area (Å²) in [6.45, 7) is 0.367. The summed E-state index contributed by atoms with van der Waals surface area (Å²) in [4.78, 5) is 36.2. The molecule has 2 N–H and O–H groups in total. The summed E-state index contributed by atoms with van der Waals surface area (Å²) in [7, 11) is 3.04. The summed E-state index contributed by atoms with van der Waals surface area (Å²) in [6, 6.07) is 6.19. The van der Waals surface area contributed by atoms with E-state index in [-0.39, 0.29) is 5.60 Å². The Morgan fingerprint density at radius 2 is 1.52 bits per heavy atom. The van der Waals surface area contributed by atoms with Gasteiger partial charge in [-0.15, -0.1) is 0 Å². The van der Waals surface area contributed by atoms with Crippen molar-refractivity contribution in [3.8, 4) is 0 Å². The Balaban J connectivity index is 1.35. The fourth-order valence-corrected chi connectivity index (χ4v) is 5.97. The number of hydrogen-bond acceptors (Lipinski definition) is 5. The van der Waals surface area contributed by atoms with Crippen LogP contribution in [0, 0.1) is 23.7 Å². The Morgan fingerprint density at radius 3 is 2.03 bits per heavy atom. The van der Waals surface area contributed by atoms with Crippen molar-refractivity contribution in [2.75, 3.05) is 26.1 Å².